The molecule has 0 unspecified atom stereocenters. The largest absolute Gasteiger partial charge is 0.467 e. The molecular formula is C10H8F3N5O. The van der Waals surface area contributed by atoms with Crippen LogP contribution in [0.3, 0.4) is 0 Å². The van der Waals surface area contributed by atoms with E-state index in [4.69, 9.17) is 10.5 Å². The number of ether oxygens (including phenoxy) is 1. The first-order valence-corrected chi connectivity index (χ1v) is 4.96. The summed E-state index contributed by atoms with van der Waals surface area (Å²) in [4.78, 5) is 11.1. The maximum atomic E-state index is 13.0. The number of aromatic nitrogens is 3. The molecule has 0 aliphatic heterocycles. The van der Waals surface area contributed by atoms with E-state index in [0.717, 1.165) is 12.1 Å². The first kappa shape index (κ1) is 12.9. The van der Waals surface area contributed by atoms with Gasteiger partial charge < -0.3 is 15.8 Å². The molecule has 0 amide bonds. The van der Waals surface area contributed by atoms with E-state index in [-0.39, 0.29) is 23.6 Å². The summed E-state index contributed by atoms with van der Waals surface area (Å²) in [5.74, 6) is -4.46. The number of methoxy groups -OCH3 is 1. The van der Waals surface area contributed by atoms with Crippen LogP contribution < -0.4 is 15.8 Å². The zero-order valence-corrected chi connectivity index (χ0v) is 9.62. The molecule has 9 heteroatoms. The van der Waals surface area contributed by atoms with Gasteiger partial charge in [-0.25, -0.2) is 13.2 Å². The number of nitrogen functional groups attached to an aromatic ring is 1. The summed E-state index contributed by atoms with van der Waals surface area (Å²) >= 11 is 0. The van der Waals surface area contributed by atoms with Gasteiger partial charge in [0.1, 0.15) is 0 Å². The molecule has 100 valence electrons. The lowest BCUT2D eigenvalue weighted by Gasteiger charge is -2.07. The minimum Gasteiger partial charge on any atom is -0.467 e. The SMILES string of the molecule is COc1nc(N)nc(Nc2cc(F)c(F)c(F)c2)n1. The molecule has 19 heavy (non-hydrogen) atoms. The van der Waals surface area contributed by atoms with E-state index >= 15 is 0 Å². The van der Waals surface area contributed by atoms with Crippen LogP contribution in [0.1, 0.15) is 0 Å². The number of hydrogen-bond acceptors (Lipinski definition) is 6. The number of anilines is 3. The van der Waals surface area contributed by atoms with E-state index in [9.17, 15) is 13.2 Å². The number of halogens is 3. The molecule has 1 heterocycles. The Labute approximate surface area is 105 Å². The monoisotopic (exact) mass is 271 g/mol. The minimum atomic E-state index is -1.56. The molecule has 0 fully saturated rings. The maximum absolute atomic E-state index is 13.0. The second kappa shape index (κ2) is 4.96. The van der Waals surface area contributed by atoms with Crippen molar-refractivity contribution in [1.29, 1.82) is 0 Å². The van der Waals surface area contributed by atoms with Crippen molar-refractivity contribution in [3.8, 4) is 6.01 Å². The Balaban J connectivity index is 2.33. The van der Waals surface area contributed by atoms with Crippen molar-refractivity contribution < 1.29 is 17.9 Å². The fourth-order valence-corrected chi connectivity index (χ4v) is 1.28. The summed E-state index contributed by atoms with van der Waals surface area (Å²) in [5.41, 5.74) is 5.30. The number of nitrogens with one attached hydrogen (secondary N) is 1. The lowest BCUT2D eigenvalue weighted by Crippen LogP contribution is -2.05. The van der Waals surface area contributed by atoms with Crippen LogP contribution in [0.15, 0.2) is 12.1 Å². The molecule has 0 spiro atoms. The molecule has 2 rings (SSSR count). The Bertz CT molecular complexity index is 599. The molecule has 0 atom stereocenters. The zero-order chi connectivity index (χ0) is 14.0. The summed E-state index contributed by atoms with van der Waals surface area (Å²) in [7, 11) is 1.32. The fraction of sp³-hybridized carbons (Fsp3) is 0.100. The normalized spacial score (nSPS) is 10.3. The summed E-state index contributed by atoms with van der Waals surface area (Å²) < 4.78 is 43.5. The molecule has 3 N–H and O–H groups in total. The van der Waals surface area contributed by atoms with Crippen molar-refractivity contribution in [2.45, 2.75) is 0 Å². The molecule has 6 nitrogen and oxygen atoms in total. The van der Waals surface area contributed by atoms with Crippen LogP contribution in [0, 0.1) is 17.5 Å². The Kier molecular flexibility index (Phi) is 3.36. The van der Waals surface area contributed by atoms with Gasteiger partial charge in [0.15, 0.2) is 17.5 Å². The summed E-state index contributed by atoms with van der Waals surface area (Å²) in [5, 5.41) is 2.46. The summed E-state index contributed by atoms with van der Waals surface area (Å²) in [6.07, 6.45) is 0. The highest BCUT2D eigenvalue weighted by atomic mass is 19.2. The number of nitrogens with two attached hydrogens (primary N) is 1. The maximum Gasteiger partial charge on any atom is 0.322 e. The third kappa shape index (κ3) is 2.81. The van der Waals surface area contributed by atoms with Crippen LogP contribution in [0.4, 0.5) is 30.8 Å². The van der Waals surface area contributed by atoms with Crippen molar-refractivity contribution in [1.82, 2.24) is 15.0 Å². The van der Waals surface area contributed by atoms with Gasteiger partial charge in [-0.3, -0.25) is 0 Å². The van der Waals surface area contributed by atoms with Crippen LogP contribution >= 0.6 is 0 Å². The van der Waals surface area contributed by atoms with Gasteiger partial charge in [0.2, 0.25) is 11.9 Å². The first-order chi connectivity index (χ1) is 8.99. The number of rotatable bonds is 3. The van der Waals surface area contributed by atoms with Crippen molar-refractivity contribution in [2.75, 3.05) is 18.2 Å². The average molecular weight is 271 g/mol. The van der Waals surface area contributed by atoms with Gasteiger partial charge in [-0.15, -0.1) is 0 Å². The smallest absolute Gasteiger partial charge is 0.322 e. The standard InChI is InChI=1S/C10H8F3N5O/c1-19-10-17-8(14)16-9(18-10)15-4-2-5(11)7(13)6(12)3-4/h2-3H,1H3,(H3,14,15,16,17,18). The van der Waals surface area contributed by atoms with Crippen molar-refractivity contribution >= 4 is 17.6 Å². The van der Waals surface area contributed by atoms with Crippen LogP contribution in [-0.4, -0.2) is 22.1 Å². The topological polar surface area (TPSA) is 86.0 Å². The van der Waals surface area contributed by atoms with Gasteiger partial charge in [0.05, 0.1) is 7.11 Å². The van der Waals surface area contributed by atoms with Crippen LogP contribution in [0.25, 0.3) is 0 Å². The van der Waals surface area contributed by atoms with E-state index in [1.807, 2.05) is 0 Å². The first-order valence-electron chi connectivity index (χ1n) is 4.96. The Morgan fingerprint density at radius 2 is 1.74 bits per heavy atom. The lowest BCUT2D eigenvalue weighted by molar-refractivity contribution is 0.380. The molecule has 1 aromatic heterocycles. The highest BCUT2D eigenvalue weighted by Gasteiger charge is 2.12. The van der Waals surface area contributed by atoms with E-state index in [1.165, 1.54) is 7.11 Å². The summed E-state index contributed by atoms with van der Waals surface area (Å²) in [6, 6.07) is 1.44. The molecular weight excluding hydrogens is 263 g/mol. The molecule has 0 aliphatic rings. The molecule has 1 aromatic carbocycles. The van der Waals surface area contributed by atoms with Crippen molar-refractivity contribution in [3.63, 3.8) is 0 Å². The van der Waals surface area contributed by atoms with Crippen molar-refractivity contribution in [3.05, 3.63) is 29.6 Å². The van der Waals surface area contributed by atoms with E-state index in [1.54, 1.807) is 0 Å². The van der Waals surface area contributed by atoms with E-state index in [2.05, 4.69) is 20.3 Å². The Morgan fingerprint density at radius 1 is 1.11 bits per heavy atom. The lowest BCUT2D eigenvalue weighted by atomic mass is 10.3. The second-order valence-corrected chi connectivity index (χ2v) is 3.38. The Morgan fingerprint density at radius 3 is 2.32 bits per heavy atom. The van der Waals surface area contributed by atoms with Gasteiger partial charge in [0, 0.05) is 17.8 Å². The molecule has 0 bridgehead atoms. The molecule has 0 saturated carbocycles. The number of benzene rings is 1. The van der Waals surface area contributed by atoms with Gasteiger partial charge in [0.25, 0.3) is 0 Å². The van der Waals surface area contributed by atoms with Gasteiger partial charge in [-0.05, 0) is 0 Å². The average Bonchev–Trinajstić information content (AvgIpc) is 2.35. The second-order valence-electron chi connectivity index (χ2n) is 3.38. The third-order valence-corrected chi connectivity index (χ3v) is 2.05. The Hall–Kier alpha value is -2.58. The fourth-order valence-electron chi connectivity index (χ4n) is 1.28. The molecule has 2 aromatic rings. The minimum absolute atomic E-state index is 0.0712. The van der Waals surface area contributed by atoms with Crippen LogP contribution in [-0.2, 0) is 0 Å². The highest BCUT2D eigenvalue weighted by Crippen LogP contribution is 2.20. The quantitative estimate of drug-likeness (QED) is 0.825. The van der Waals surface area contributed by atoms with E-state index < -0.39 is 17.5 Å². The predicted octanol–water partition coefficient (Wildman–Crippen LogP) is 1.62. The van der Waals surface area contributed by atoms with Gasteiger partial charge >= 0.3 is 6.01 Å². The molecule has 0 aliphatic carbocycles. The number of nitrogens with zero attached hydrogens (tertiary/aromatic N) is 3. The highest BCUT2D eigenvalue weighted by molar-refractivity contribution is 5.54. The third-order valence-electron chi connectivity index (χ3n) is 2.05. The van der Waals surface area contributed by atoms with Crippen LogP contribution in [0.5, 0.6) is 6.01 Å². The van der Waals surface area contributed by atoms with Gasteiger partial charge in [-0.2, -0.15) is 15.0 Å². The van der Waals surface area contributed by atoms with Crippen LogP contribution in [0.2, 0.25) is 0 Å². The summed E-state index contributed by atoms with van der Waals surface area (Å²) in [6.45, 7) is 0. The van der Waals surface area contributed by atoms with Crippen molar-refractivity contribution in [2.24, 2.45) is 0 Å². The number of hydrogen-bond donors (Lipinski definition) is 2. The van der Waals surface area contributed by atoms with E-state index in [0.29, 0.717) is 0 Å². The zero-order valence-electron chi connectivity index (χ0n) is 9.62. The van der Waals surface area contributed by atoms with Gasteiger partial charge in [-0.1, -0.05) is 0 Å². The molecule has 0 radical (unpaired) electrons. The predicted molar refractivity (Wildman–Crippen MR) is 60.4 cm³/mol. The molecule has 0 saturated heterocycles.